The maximum atomic E-state index is 11.5. The predicted molar refractivity (Wildman–Crippen MR) is 71.9 cm³/mol. The number of aromatic nitrogens is 2. The fourth-order valence-electron chi connectivity index (χ4n) is 2.13. The minimum atomic E-state index is -0.0471. The summed E-state index contributed by atoms with van der Waals surface area (Å²) < 4.78 is 5.51. The fraction of sp³-hybridized carbons (Fsp3) is 0.231. The van der Waals surface area contributed by atoms with Crippen LogP contribution < -0.4 is 15.8 Å². The summed E-state index contributed by atoms with van der Waals surface area (Å²) >= 11 is 0. The smallest absolute Gasteiger partial charge is 0.227 e. The molecule has 6 nitrogen and oxygen atoms in total. The number of hydrogen-bond acceptors (Lipinski definition) is 4. The quantitative estimate of drug-likeness (QED) is 0.725. The molecule has 0 unspecified atom stereocenters. The van der Waals surface area contributed by atoms with Gasteiger partial charge in [-0.3, -0.25) is 4.79 Å². The number of imidazole rings is 1. The lowest BCUT2D eigenvalue weighted by Crippen LogP contribution is -2.10. The van der Waals surface area contributed by atoms with Gasteiger partial charge in [-0.05, 0) is 25.1 Å². The first-order valence-electron chi connectivity index (χ1n) is 6.02. The summed E-state index contributed by atoms with van der Waals surface area (Å²) in [6, 6.07) is 5.58. The summed E-state index contributed by atoms with van der Waals surface area (Å²) in [4.78, 5) is 18.7. The van der Waals surface area contributed by atoms with Crippen LogP contribution in [0.1, 0.15) is 12.1 Å². The molecule has 3 rings (SSSR count). The largest absolute Gasteiger partial charge is 0.491 e. The maximum Gasteiger partial charge on any atom is 0.227 e. The molecule has 98 valence electrons. The molecule has 1 aliphatic rings. The standard InChI is InChI=1S/C13H14N4O2/c1-7-12(17-13(14)15-7)8-2-3-10-9(6-8)16-11(18)4-5-19-10/h2-3,6H,4-5H2,1H3,(H,16,18)(H3,14,15,17). The number of nitrogen functional groups attached to an aromatic ring is 1. The van der Waals surface area contributed by atoms with Crippen LogP contribution in [0, 0.1) is 6.92 Å². The van der Waals surface area contributed by atoms with Crippen LogP contribution in [-0.4, -0.2) is 22.5 Å². The van der Waals surface area contributed by atoms with E-state index in [2.05, 4.69) is 15.3 Å². The zero-order chi connectivity index (χ0) is 13.4. The van der Waals surface area contributed by atoms with Gasteiger partial charge in [-0.15, -0.1) is 0 Å². The number of nitrogens with one attached hydrogen (secondary N) is 2. The van der Waals surface area contributed by atoms with E-state index in [0.29, 0.717) is 30.4 Å². The topological polar surface area (TPSA) is 93.0 Å². The van der Waals surface area contributed by atoms with Gasteiger partial charge in [-0.2, -0.15) is 0 Å². The molecule has 0 saturated carbocycles. The summed E-state index contributed by atoms with van der Waals surface area (Å²) in [5.74, 6) is 1.01. The zero-order valence-corrected chi connectivity index (χ0v) is 10.5. The first-order valence-corrected chi connectivity index (χ1v) is 6.02. The highest BCUT2D eigenvalue weighted by atomic mass is 16.5. The summed E-state index contributed by atoms with van der Waals surface area (Å²) in [5.41, 5.74) is 8.86. The number of amides is 1. The monoisotopic (exact) mass is 258 g/mol. The summed E-state index contributed by atoms with van der Waals surface area (Å²) in [7, 11) is 0. The zero-order valence-electron chi connectivity index (χ0n) is 10.5. The summed E-state index contributed by atoms with van der Waals surface area (Å²) in [5, 5.41) is 2.83. The van der Waals surface area contributed by atoms with Crippen LogP contribution in [0.25, 0.3) is 11.3 Å². The molecule has 1 amide bonds. The lowest BCUT2D eigenvalue weighted by molar-refractivity contribution is -0.116. The van der Waals surface area contributed by atoms with Gasteiger partial charge < -0.3 is 20.8 Å². The van der Waals surface area contributed by atoms with E-state index in [4.69, 9.17) is 10.5 Å². The highest BCUT2D eigenvalue weighted by Gasteiger charge is 2.16. The number of anilines is 2. The van der Waals surface area contributed by atoms with Crippen molar-refractivity contribution >= 4 is 17.5 Å². The number of aromatic amines is 1. The van der Waals surface area contributed by atoms with Crippen molar-refractivity contribution in [2.24, 2.45) is 0 Å². The minimum Gasteiger partial charge on any atom is -0.491 e. The van der Waals surface area contributed by atoms with Gasteiger partial charge in [0, 0.05) is 11.3 Å². The molecule has 0 fully saturated rings. The third kappa shape index (κ3) is 2.12. The van der Waals surface area contributed by atoms with E-state index < -0.39 is 0 Å². The molecule has 1 aromatic carbocycles. The maximum absolute atomic E-state index is 11.5. The lowest BCUT2D eigenvalue weighted by atomic mass is 10.1. The number of benzene rings is 1. The second-order valence-electron chi connectivity index (χ2n) is 4.45. The normalized spacial score (nSPS) is 14.3. The van der Waals surface area contributed by atoms with Crippen LogP contribution in [0.3, 0.4) is 0 Å². The molecule has 0 aliphatic carbocycles. The Hall–Kier alpha value is -2.50. The van der Waals surface area contributed by atoms with Gasteiger partial charge >= 0.3 is 0 Å². The number of aryl methyl sites for hydroxylation is 1. The molecule has 1 aromatic heterocycles. The number of hydrogen-bond donors (Lipinski definition) is 3. The van der Waals surface area contributed by atoms with Crippen molar-refractivity contribution in [3.8, 4) is 17.0 Å². The van der Waals surface area contributed by atoms with Crippen LogP contribution in [0.5, 0.6) is 5.75 Å². The molecule has 0 radical (unpaired) electrons. The highest BCUT2D eigenvalue weighted by molar-refractivity contribution is 5.94. The van der Waals surface area contributed by atoms with Crippen LogP contribution >= 0.6 is 0 Å². The Labute approximate surface area is 110 Å². The minimum absolute atomic E-state index is 0.0471. The molecular formula is C13H14N4O2. The lowest BCUT2D eigenvalue weighted by Gasteiger charge is -2.08. The van der Waals surface area contributed by atoms with Gasteiger partial charge in [0.1, 0.15) is 5.75 Å². The van der Waals surface area contributed by atoms with E-state index in [1.54, 1.807) is 0 Å². The van der Waals surface area contributed by atoms with Gasteiger partial charge in [0.25, 0.3) is 0 Å². The Morgan fingerprint density at radius 2 is 2.26 bits per heavy atom. The number of nitrogens with zero attached hydrogens (tertiary/aromatic N) is 1. The number of H-pyrrole nitrogens is 1. The van der Waals surface area contributed by atoms with Crippen molar-refractivity contribution in [2.45, 2.75) is 13.3 Å². The van der Waals surface area contributed by atoms with E-state index in [0.717, 1.165) is 17.0 Å². The fourth-order valence-corrected chi connectivity index (χ4v) is 2.13. The van der Waals surface area contributed by atoms with Crippen LogP contribution in [-0.2, 0) is 4.79 Å². The van der Waals surface area contributed by atoms with Crippen LogP contribution in [0.2, 0.25) is 0 Å². The van der Waals surface area contributed by atoms with Gasteiger partial charge in [0.15, 0.2) is 5.95 Å². The first kappa shape index (κ1) is 11.6. The average molecular weight is 258 g/mol. The molecule has 0 saturated heterocycles. The third-order valence-corrected chi connectivity index (χ3v) is 3.02. The second kappa shape index (κ2) is 4.31. The number of nitrogens with two attached hydrogens (primary N) is 1. The Kier molecular flexibility index (Phi) is 2.63. The second-order valence-corrected chi connectivity index (χ2v) is 4.45. The summed E-state index contributed by atoms with van der Waals surface area (Å²) in [6.45, 7) is 2.30. The molecule has 2 aromatic rings. The first-order chi connectivity index (χ1) is 9.13. The Balaban J connectivity index is 2.05. The number of carbonyl (C=O) groups is 1. The molecule has 4 N–H and O–H groups in total. The summed E-state index contributed by atoms with van der Waals surface area (Å²) in [6.07, 6.45) is 0.360. The van der Waals surface area contributed by atoms with Crippen LogP contribution in [0.4, 0.5) is 11.6 Å². The van der Waals surface area contributed by atoms with E-state index in [1.807, 2.05) is 25.1 Å². The molecule has 0 atom stereocenters. The third-order valence-electron chi connectivity index (χ3n) is 3.02. The van der Waals surface area contributed by atoms with Crippen molar-refractivity contribution in [3.63, 3.8) is 0 Å². The van der Waals surface area contributed by atoms with Crippen molar-refractivity contribution in [1.29, 1.82) is 0 Å². The number of ether oxygens (including phenoxy) is 1. The molecule has 19 heavy (non-hydrogen) atoms. The average Bonchev–Trinajstić information content (AvgIpc) is 2.59. The number of rotatable bonds is 1. The molecular weight excluding hydrogens is 244 g/mol. The Morgan fingerprint density at radius 1 is 1.42 bits per heavy atom. The van der Waals surface area contributed by atoms with Crippen molar-refractivity contribution in [1.82, 2.24) is 9.97 Å². The van der Waals surface area contributed by atoms with Gasteiger partial charge in [-0.25, -0.2) is 4.98 Å². The van der Waals surface area contributed by atoms with Crippen molar-refractivity contribution in [2.75, 3.05) is 17.7 Å². The highest BCUT2D eigenvalue weighted by Crippen LogP contribution is 2.32. The molecule has 2 heterocycles. The van der Waals surface area contributed by atoms with E-state index >= 15 is 0 Å². The predicted octanol–water partition coefficient (Wildman–Crippen LogP) is 1.69. The van der Waals surface area contributed by atoms with Crippen molar-refractivity contribution < 1.29 is 9.53 Å². The molecule has 6 heteroatoms. The Bertz CT molecular complexity index is 648. The van der Waals surface area contributed by atoms with Gasteiger partial charge in [0.05, 0.1) is 24.4 Å². The molecule has 0 spiro atoms. The number of fused-ring (bicyclic) bond motifs is 1. The van der Waals surface area contributed by atoms with E-state index in [9.17, 15) is 4.79 Å². The number of carbonyl (C=O) groups excluding carboxylic acids is 1. The van der Waals surface area contributed by atoms with Gasteiger partial charge in [0.2, 0.25) is 5.91 Å². The van der Waals surface area contributed by atoms with Crippen LogP contribution in [0.15, 0.2) is 18.2 Å². The molecule has 0 bridgehead atoms. The van der Waals surface area contributed by atoms with Gasteiger partial charge in [-0.1, -0.05) is 0 Å². The van der Waals surface area contributed by atoms with E-state index in [1.165, 1.54) is 0 Å². The SMILES string of the molecule is Cc1[nH]c(N)nc1-c1ccc2c(c1)NC(=O)CCO2. The Morgan fingerprint density at radius 3 is 3.00 bits per heavy atom. The van der Waals surface area contributed by atoms with E-state index in [-0.39, 0.29) is 5.91 Å². The van der Waals surface area contributed by atoms with Crippen molar-refractivity contribution in [3.05, 3.63) is 23.9 Å². The molecule has 1 aliphatic heterocycles.